The molecule has 154 valence electrons. The van der Waals surface area contributed by atoms with E-state index in [9.17, 15) is 18.0 Å². The number of aromatic nitrogens is 3. The van der Waals surface area contributed by atoms with Crippen LogP contribution >= 0.6 is 15.9 Å². The molecule has 0 saturated carbocycles. The standard InChI is InChI=1S/C17H12BrN5O6S/c1-30(26,27)23-9-3-4-10-13(7-9)28-21-14(10)16(24)19-12-5-2-8(18)6-11(12)15-20-17(25)29-22-15/h2-7,23H,1H3,(H,19,24)(H,20,22,25). The predicted molar refractivity (Wildman–Crippen MR) is 111 cm³/mol. The van der Waals surface area contributed by atoms with Gasteiger partial charge in [-0.15, -0.1) is 0 Å². The molecule has 13 heteroatoms. The third-order valence-electron chi connectivity index (χ3n) is 3.92. The molecule has 0 fully saturated rings. The van der Waals surface area contributed by atoms with Crippen LogP contribution in [0.25, 0.3) is 22.4 Å². The lowest BCUT2D eigenvalue weighted by Gasteiger charge is -2.08. The second kappa shape index (κ2) is 7.42. The van der Waals surface area contributed by atoms with Gasteiger partial charge >= 0.3 is 5.76 Å². The number of nitrogens with zero attached hydrogens (tertiary/aromatic N) is 2. The van der Waals surface area contributed by atoms with Crippen LogP contribution in [0.5, 0.6) is 0 Å². The number of sulfonamides is 1. The van der Waals surface area contributed by atoms with Crippen molar-refractivity contribution in [2.45, 2.75) is 0 Å². The highest BCUT2D eigenvalue weighted by atomic mass is 79.9. The van der Waals surface area contributed by atoms with Crippen LogP contribution in [0.3, 0.4) is 0 Å². The van der Waals surface area contributed by atoms with Gasteiger partial charge in [-0.25, -0.2) is 13.2 Å². The Morgan fingerprint density at radius 1 is 1.13 bits per heavy atom. The lowest BCUT2D eigenvalue weighted by atomic mass is 10.1. The number of rotatable bonds is 5. The van der Waals surface area contributed by atoms with Crippen molar-refractivity contribution in [2.24, 2.45) is 0 Å². The monoisotopic (exact) mass is 493 g/mol. The molecule has 1 amide bonds. The average Bonchev–Trinajstić information content (AvgIpc) is 3.27. The van der Waals surface area contributed by atoms with Gasteiger partial charge in [0.25, 0.3) is 5.91 Å². The molecular formula is C17H12BrN5O6S. The maximum atomic E-state index is 12.8. The van der Waals surface area contributed by atoms with Crippen molar-refractivity contribution in [3.05, 3.63) is 57.1 Å². The summed E-state index contributed by atoms with van der Waals surface area (Å²) in [6.45, 7) is 0. The Labute approximate surface area is 176 Å². The van der Waals surface area contributed by atoms with Crippen LogP contribution in [-0.4, -0.2) is 35.9 Å². The molecule has 2 aromatic carbocycles. The minimum atomic E-state index is -3.46. The molecule has 0 saturated heterocycles. The van der Waals surface area contributed by atoms with Crippen molar-refractivity contribution < 1.29 is 22.3 Å². The number of amides is 1. The molecule has 11 nitrogen and oxygen atoms in total. The first kappa shape index (κ1) is 19.8. The van der Waals surface area contributed by atoms with Gasteiger partial charge in [0, 0.05) is 16.1 Å². The van der Waals surface area contributed by atoms with E-state index in [4.69, 9.17) is 4.52 Å². The van der Waals surface area contributed by atoms with Gasteiger partial charge in [-0.1, -0.05) is 26.2 Å². The fraction of sp³-hybridized carbons (Fsp3) is 0.0588. The number of carbonyl (C=O) groups is 1. The van der Waals surface area contributed by atoms with Gasteiger partial charge in [0.1, 0.15) is 0 Å². The first-order valence-electron chi connectivity index (χ1n) is 8.24. The normalized spacial score (nSPS) is 11.5. The summed E-state index contributed by atoms with van der Waals surface area (Å²) in [4.78, 5) is 26.5. The molecule has 0 atom stereocenters. The molecule has 0 spiro atoms. The van der Waals surface area contributed by atoms with E-state index >= 15 is 0 Å². The van der Waals surface area contributed by atoms with Crippen molar-refractivity contribution in [2.75, 3.05) is 16.3 Å². The minimum Gasteiger partial charge on any atom is -0.355 e. The number of nitrogens with one attached hydrogen (secondary N) is 3. The number of halogens is 1. The molecule has 0 radical (unpaired) electrons. The Balaban J connectivity index is 1.66. The highest BCUT2D eigenvalue weighted by Gasteiger charge is 2.20. The lowest BCUT2D eigenvalue weighted by molar-refractivity contribution is 0.102. The molecule has 0 unspecified atom stereocenters. The van der Waals surface area contributed by atoms with E-state index in [-0.39, 0.29) is 22.8 Å². The molecule has 0 aliphatic carbocycles. The first-order valence-corrected chi connectivity index (χ1v) is 10.9. The van der Waals surface area contributed by atoms with E-state index < -0.39 is 21.7 Å². The van der Waals surface area contributed by atoms with Gasteiger partial charge in [-0.05, 0) is 30.3 Å². The zero-order valence-electron chi connectivity index (χ0n) is 15.1. The summed E-state index contributed by atoms with van der Waals surface area (Å²) in [6, 6.07) is 9.38. The zero-order valence-corrected chi connectivity index (χ0v) is 17.5. The van der Waals surface area contributed by atoms with Crippen LogP contribution in [0.15, 0.2) is 54.7 Å². The van der Waals surface area contributed by atoms with Gasteiger partial charge in [0.05, 0.1) is 23.0 Å². The van der Waals surface area contributed by atoms with E-state index in [1.165, 1.54) is 18.2 Å². The SMILES string of the molecule is CS(=O)(=O)Nc1ccc2c(C(=O)Nc3ccc(Br)cc3-c3noc(=O)[nH]3)noc2c1. The molecule has 4 aromatic rings. The molecule has 0 aliphatic heterocycles. The second-order valence-electron chi connectivity index (χ2n) is 6.20. The number of benzene rings is 2. The van der Waals surface area contributed by atoms with Crippen LogP contribution in [0.4, 0.5) is 11.4 Å². The molecule has 2 aromatic heterocycles. The van der Waals surface area contributed by atoms with E-state index in [0.29, 0.717) is 21.1 Å². The third-order valence-corrected chi connectivity index (χ3v) is 5.02. The van der Waals surface area contributed by atoms with Crippen LogP contribution in [0, 0.1) is 0 Å². The second-order valence-corrected chi connectivity index (χ2v) is 8.87. The summed E-state index contributed by atoms with van der Waals surface area (Å²) in [5.74, 6) is -1.17. The average molecular weight is 494 g/mol. The van der Waals surface area contributed by atoms with Gasteiger partial charge < -0.3 is 9.84 Å². The van der Waals surface area contributed by atoms with Crippen LogP contribution < -0.4 is 15.8 Å². The van der Waals surface area contributed by atoms with Crippen LogP contribution in [0.2, 0.25) is 0 Å². The molecule has 3 N–H and O–H groups in total. The maximum Gasteiger partial charge on any atom is 0.439 e. The fourth-order valence-electron chi connectivity index (χ4n) is 2.73. The number of fused-ring (bicyclic) bond motifs is 1. The van der Waals surface area contributed by atoms with Gasteiger partial charge in [0.15, 0.2) is 17.1 Å². The summed E-state index contributed by atoms with van der Waals surface area (Å²) in [7, 11) is -3.46. The summed E-state index contributed by atoms with van der Waals surface area (Å²) < 4.78 is 35.5. The smallest absolute Gasteiger partial charge is 0.355 e. The quantitative estimate of drug-likeness (QED) is 0.382. The third kappa shape index (κ3) is 4.11. The van der Waals surface area contributed by atoms with Gasteiger partial charge in [0.2, 0.25) is 10.0 Å². The van der Waals surface area contributed by atoms with E-state index in [2.05, 4.69) is 45.8 Å². The van der Waals surface area contributed by atoms with E-state index in [1.807, 2.05) is 0 Å². The zero-order chi connectivity index (χ0) is 21.5. The summed E-state index contributed by atoms with van der Waals surface area (Å²) in [6.07, 6.45) is 1.02. The lowest BCUT2D eigenvalue weighted by Crippen LogP contribution is -2.13. The van der Waals surface area contributed by atoms with E-state index in [0.717, 1.165) is 6.26 Å². The van der Waals surface area contributed by atoms with E-state index in [1.54, 1.807) is 18.2 Å². The summed E-state index contributed by atoms with van der Waals surface area (Å²) in [5, 5.41) is 10.5. The Hall–Kier alpha value is -3.45. The van der Waals surface area contributed by atoms with Crippen molar-refractivity contribution in [3.8, 4) is 11.4 Å². The Morgan fingerprint density at radius 3 is 2.63 bits per heavy atom. The number of hydrogen-bond donors (Lipinski definition) is 3. The molecule has 30 heavy (non-hydrogen) atoms. The number of carbonyl (C=O) groups excluding carboxylic acids is 1. The number of H-pyrrole nitrogens is 1. The number of anilines is 2. The predicted octanol–water partition coefficient (Wildman–Crippen LogP) is 2.56. The Morgan fingerprint density at radius 2 is 1.93 bits per heavy atom. The number of aromatic amines is 1. The Bertz CT molecular complexity index is 1440. The molecule has 4 rings (SSSR count). The first-order chi connectivity index (χ1) is 14.2. The van der Waals surface area contributed by atoms with Crippen molar-refractivity contribution in [1.29, 1.82) is 0 Å². The molecule has 2 heterocycles. The van der Waals surface area contributed by atoms with Crippen molar-refractivity contribution in [3.63, 3.8) is 0 Å². The van der Waals surface area contributed by atoms with Crippen molar-refractivity contribution >= 4 is 54.2 Å². The number of hydrogen-bond acceptors (Lipinski definition) is 8. The topological polar surface area (TPSA) is 160 Å². The molecular weight excluding hydrogens is 482 g/mol. The van der Waals surface area contributed by atoms with Gasteiger partial charge in [-0.2, -0.15) is 0 Å². The Kier molecular flexibility index (Phi) is 4.91. The maximum absolute atomic E-state index is 12.8. The largest absolute Gasteiger partial charge is 0.439 e. The molecule has 0 bridgehead atoms. The van der Waals surface area contributed by atoms with Gasteiger partial charge in [-0.3, -0.25) is 19.0 Å². The molecule has 0 aliphatic rings. The highest BCUT2D eigenvalue weighted by Crippen LogP contribution is 2.30. The van der Waals surface area contributed by atoms with Crippen LogP contribution in [-0.2, 0) is 10.0 Å². The van der Waals surface area contributed by atoms with Crippen LogP contribution in [0.1, 0.15) is 10.5 Å². The van der Waals surface area contributed by atoms with Crippen molar-refractivity contribution in [1.82, 2.24) is 15.3 Å². The summed E-state index contributed by atoms with van der Waals surface area (Å²) in [5.41, 5.74) is 1.26. The highest BCUT2D eigenvalue weighted by molar-refractivity contribution is 9.10. The fourth-order valence-corrected chi connectivity index (χ4v) is 3.64. The summed E-state index contributed by atoms with van der Waals surface area (Å²) >= 11 is 3.33. The minimum absolute atomic E-state index is 0.00146.